The van der Waals surface area contributed by atoms with Gasteiger partial charge in [0.05, 0.1) is 6.61 Å². The molecule has 1 amide bonds. The second-order valence-corrected chi connectivity index (χ2v) is 6.47. The summed E-state index contributed by atoms with van der Waals surface area (Å²) in [4.78, 5) is 14.0. The number of benzene rings is 3. The molecule has 1 aliphatic rings. The summed E-state index contributed by atoms with van der Waals surface area (Å²) in [5.41, 5.74) is 1.95. The number of anilines is 1. The summed E-state index contributed by atoms with van der Waals surface area (Å²) in [5, 5.41) is 2.10. The Bertz CT molecular complexity index is 941. The molecule has 0 unspecified atom stereocenters. The molecule has 0 radical (unpaired) electrons. The van der Waals surface area contributed by atoms with E-state index in [1.54, 1.807) is 12.0 Å². The first-order valence-electron chi connectivity index (χ1n) is 8.87. The van der Waals surface area contributed by atoms with Crippen molar-refractivity contribution in [3.05, 3.63) is 72.3 Å². The van der Waals surface area contributed by atoms with Gasteiger partial charge in [0.25, 0.3) is 5.91 Å². The number of hydrogen-bond acceptors (Lipinski definition) is 4. The monoisotopic (exact) mass is 363 g/mol. The van der Waals surface area contributed by atoms with Gasteiger partial charge in [-0.2, -0.15) is 0 Å². The number of amides is 1. The Morgan fingerprint density at radius 1 is 1.04 bits per heavy atom. The molecular weight excluding hydrogens is 342 g/mol. The Morgan fingerprint density at radius 3 is 2.63 bits per heavy atom. The third-order valence-corrected chi connectivity index (χ3v) is 4.62. The number of hydrogen-bond donors (Lipinski definition) is 0. The third-order valence-electron chi connectivity index (χ3n) is 4.62. The van der Waals surface area contributed by atoms with Crippen LogP contribution in [0.3, 0.4) is 0 Å². The lowest BCUT2D eigenvalue weighted by Crippen LogP contribution is -2.31. The number of carbonyl (C=O) groups excluding carboxylic acids is 1. The van der Waals surface area contributed by atoms with Gasteiger partial charge in [0.1, 0.15) is 19.1 Å². The predicted molar refractivity (Wildman–Crippen MR) is 104 cm³/mol. The van der Waals surface area contributed by atoms with Crippen LogP contribution in [0.4, 0.5) is 5.69 Å². The van der Waals surface area contributed by atoms with Gasteiger partial charge in [-0.05, 0) is 40.6 Å². The Balaban J connectivity index is 1.50. The van der Waals surface area contributed by atoms with Crippen molar-refractivity contribution in [2.24, 2.45) is 0 Å². The predicted octanol–water partition coefficient (Wildman–Crippen LogP) is 3.75. The Hall–Kier alpha value is -2.89. The van der Waals surface area contributed by atoms with Crippen LogP contribution in [0.1, 0.15) is 5.56 Å². The first-order valence-corrected chi connectivity index (χ1v) is 8.87. The summed E-state index contributed by atoms with van der Waals surface area (Å²) in [6, 6.07) is 22.0. The molecule has 5 heteroatoms. The maximum absolute atomic E-state index is 12.4. The molecule has 0 bridgehead atoms. The van der Waals surface area contributed by atoms with Gasteiger partial charge in [-0.1, -0.05) is 42.5 Å². The largest absolute Gasteiger partial charge is 0.489 e. The van der Waals surface area contributed by atoms with Crippen LogP contribution < -0.4 is 9.64 Å². The highest BCUT2D eigenvalue weighted by Crippen LogP contribution is 2.28. The van der Waals surface area contributed by atoms with Crippen molar-refractivity contribution < 1.29 is 19.0 Å². The fraction of sp³-hybridized carbons (Fsp3) is 0.227. The molecule has 4 rings (SSSR count). The molecule has 5 nitrogen and oxygen atoms in total. The normalized spacial score (nSPS) is 16.9. The highest BCUT2D eigenvalue weighted by atomic mass is 16.6. The summed E-state index contributed by atoms with van der Waals surface area (Å²) >= 11 is 0. The quantitative estimate of drug-likeness (QED) is 0.669. The van der Waals surface area contributed by atoms with Gasteiger partial charge < -0.3 is 14.2 Å². The molecule has 3 aromatic rings. The fourth-order valence-corrected chi connectivity index (χ4v) is 3.16. The number of ether oxygens (including phenoxy) is 3. The second-order valence-electron chi connectivity index (χ2n) is 6.47. The smallest absolute Gasteiger partial charge is 0.260 e. The van der Waals surface area contributed by atoms with Crippen LogP contribution in [0, 0.1) is 0 Å². The summed E-state index contributed by atoms with van der Waals surface area (Å²) in [6.07, 6.45) is -0.528. The lowest BCUT2D eigenvalue weighted by molar-refractivity contribution is -0.124. The topological polar surface area (TPSA) is 48.0 Å². The standard InChI is InChI=1S/C22H21NO4/c1-25-14-21-22(24)23(15-27-21)19-9-7-18-12-20(10-8-17(18)11-19)26-13-16-5-3-2-4-6-16/h2-12,21H,13-15H2,1H3/t21-/m1/s1. The van der Waals surface area contributed by atoms with Crippen LogP contribution in [0.25, 0.3) is 10.8 Å². The SMILES string of the molecule is COC[C@H]1OCN(c2ccc3cc(OCc4ccccc4)ccc3c2)C1=O. The van der Waals surface area contributed by atoms with Gasteiger partial charge in [0, 0.05) is 12.8 Å². The van der Waals surface area contributed by atoms with E-state index in [4.69, 9.17) is 14.2 Å². The van der Waals surface area contributed by atoms with Crippen molar-refractivity contribution >= 4 is 22.4 Å². The van der Waals surface area contributed by atoms with Crippen LogP contribution >= 0.6 is 0 Å². The Labute approximate surface area is 158 Å². The zero-order chi connectivity index (χ0) is 18.6. The van der Waals surface area contributed by atoms with E-state index < -0.39 is 6.10 Å². The minimum Gasteiger partial charge on any atom is -0.489 e. The number of nitrogens with zero attached hydrogens (tertiary/aromatic N) is 1. The highest BCUT2D eigenvalue weighted by Gasteiger charge is 2.33. The first-order chi connectivity index (χ1) is 13.2. The molecule has 1 saturated heterocycles. The lowest BCUT2D eigenvalue weighted by atomic mass is 10.1. The van der Waals surface area contributed by atoms with Crippen molar-refractivity contribution in [2.75, 3.05) is 25.3 Å². The van der Waals surface area contributed by atoms with E-state index in [2.05, 4.69) is 0 Å². The van der Waals surface area contributed by atoms with Gasteiger partial charge in [-0.15, -0.1) is 0 Å². The van der Waals surface area contributed by atoms with Crippen molar-refractivity contribution in [3.8, 4) is 5.75 Å². The van der Waals surface area contributed by atoms with E-state index >= 15 is 0 Å². The Morgan fingerprint density at radius 2 is 1.81 bits per heavy atom. The lowest BCUT2D eigenvalue weighted by Gasteiger charge is -2.15. The molecule has 0 saturated carbocycles. The summed E-state index contributed by atoms with van der Waals surface area (Å²) in [5.74, 6) is 0.749. The molecule has 1 fully saturated rings. The number of methoxy groups -OCH3 is 1. The van der Waals surface area contributed by atoms with Crippen molar-refractivity contribution in [1.29, 1.82) is 0 Å². The second kappa shape index (κ2) is 7.78. The van der Waals surface area contributed by atoms with Crippen LogP contribution in [-0.4, -0.2) is 32.5 Å². The van der Waals surface area contributed by atoms with Crippen molar-refractivity contribution in [1.82, 2.24) is 0 Å². The van der Waals surface area contributed by atoms with E-state index in [1.807, 2.05) is 66.7 Å². The third kappa shape index (κ3) is 3.79. The minimum absolute atomic E-state index is 0.0704. The minimum atomic E-state index is -0.528. The molecule has 1 atom stereocenters. The fourth-order valence-electron chi connectivity index (χ4n) is 3.16. The van der Waals surface area contributed by atoms with Crippen LogP contribution in [0.15, 0.2) is 66.7 Å². The zero-order valence-electron chi connectivity index (χ0n) is 15.1. The molecule has 1 heterocycles. The number of fused-ring (bicyclic) bond motifs is 1. The number of carbonyl (C=O) groups is 1. The molecular formula is C22H21NO4. The molecule has 1 aliphatic heterocycles. The van der Waals surface area contributed by atoms with Gasteiger partial charge in [-0.25, -0.2) is 0 Å². The van der Waals surface area contributed by atoms with Gasteiger partial charge in [0.15, 0.2) is 6.10 Å². The summed E-state index contributed by atoms with van der Waals surface area (Å²) in [7, 11) is 1.56. The first kappa shape index (κ1) is 17.5. The van der Waals surface area contributed by atoms with Crippen molar-refractivity contribution in [3.63, 3.8) is 0 Å². The maximum Gasteiger partial charge on any atom is 0.260 e. The zero-order valence-corrected chi connectivity index (χ0v) is 15.1. The van der Waals surface area contributed by atoms with Crippen molar-refractivity contribution in [2.45, 2.75) is 12.7 Å². The van der Waals surface area contributed by atoms with Crippen LogP contribution in [0.2, 0.25) is 0 Å². The molecule has 0 aromatic heterocycles. The van der Waals surface area contributed by atoms with Gasteiger partial charge >= 0.3 is 0 Å². The summed E-state index contributed by atoms with van der Waals surface area (Å²) in [6.45, 7) is 1.05. The molecule has 0 aliphatic carbocycles. The molecule has 3 aromatic carbocycles. The van der Waals surface area contributed by atoms with Gasteiger partial charge in [0.2, 0.25) is 0 Å². The molecule has 0 spiro atoms. The van der Waals surface area contributed by atoms with E-state index in [-0.39, 0.29) is 19.2 Å². The molecule has 138 valence electrons. The van der Waals surface area contributed by atoms with E-state index in [0.717, 1.165) is 27.8 Å². The molecule has 0 N–H and O–H groups in total. The van der Waals surface area contributed by atoms with E-state index in [0.29, 0.717) is 6.61 Å². The average molecular weight is 363 g/mol. The summed E-state index contributed by atoms with van der Waals surface area (Å²) < 4.78 is 16.4. The van der Waals surface area contributed by atoms with Gasteiger partial charge in [-0.3, -0.25) is 9.69 Å². The average Bonchev–Trinajstić information content (AvgIpc) is 3.07. The Kier molecular flexibility index (Phi) is 5.05. The van der Waals surface area contributed by atoms with E-state index in [9.17, 15) is 4.79 Å². The molecule has 27 heavy (non-hydrogen) atoms. The highest BCUT2D eigenvalue weighted by molar-refractivity contribution is 6.00. The van der Waals surface area contributed by atoms with Crippen LogP contribution in [-0.2, 0) is 20.9 Å². The maximum atomic E-state index is 12.4. The van der Waals surface area contributed by atoms with Crippen LogP contribution in [0.5, 0.6) is 5.75 Å². The van der Waals surface area contributed by atoms with E-state index in [1.165, 1.54) is 0 Å². The number of rotatable bonds is 6.